The third kappa shape index (κ3) is 3.68. The molecule has 0 amide bonds. The van der Waals surface area contributed by atoms with Crippen LogP contribution >= 0.6 is 11.6 Å². The van der Waals surface area contributed by atoms with Gasteiger partial charge >= 0.3 is 0 Å². The largest absolute Gasteiger partial charge is 0.492 e. The topological polar surface area (TPSA) is 35.2 Å². The average molecular weight is 232 g/mol. The Balaban J connectivity index is 2.66. The van der Waals surface area contributed by atoms with E-state index in [4.69, 9.17) is 22.1 Å². The summed E-state index contributed by atoms with van der Waals surface area (Å²) >= 11 is 5.98. The summed E-state index contributed by atoms with van der Waals surface area (Å²) in [4.78, 5) is 0. The van der Waals surface area contributed by atoms with Gasteiger partial charge in [0, 0.05) is 12.5 Å². The van der Waals surface area contributed by atoms with Crippen molar-refractivity contribution in [2.24, 2.45) is 5.73 Å². The second-order valence-corrected chi connectivity index (χ2v) is 3.78. The minimum absolute atomic E-state index is 0.0533. The van der Waals surface area contributed by atoms with Crippen LogP contribution in [0.1, 0.15) is 24.9 Å². The van der Waals surface area contributed by atoms with Crippen LogP contribution in [0.2, 0.25) is 5.02 Å². The van der Waals surface area contributed by atoms with E-state index in [0.717, 1.165) is 5.56 Å². The van der Waals surface area contributed by atoms with Gasteiger partial charge < -0.3 is 10.5 Å². The molecule has 2 nitrogen and oxygen atoms in total. The molecular formula is C11H15ClFNO. The predicted molar refractivity (Wildman–Crippen MR) is 60.1 cm³/mol. The Morgan fingerprint density at radius 3 is 2.80 bits per heavy atom. The van der Waals surface area contributed by atoms with E-state index in [1.54, 1.807) is 12.1 Å². The van der Waals surface area contributed by atoms with E-state index in [9.17, 15) is 4.39 Å². The molecule has 0 radical (unpaired) electrons. The number of benzene rings is 1. The number of ether oxygens (including phenoxy) is 1. The van der Waals surface area contributed by atoms with Crippen LogP contribution in [0.4, 0.5) is 4.39 Å². The lowest BCUT2D eigenvalue weighted by molar-refractivity contribution is 0.290. The van der Waals surface area contributed by atoms with Gasteiger partial charge in [-0.15, -0.1) is 0 Å². The predicted octanol–water partition coefficient (Wildman–Crippen LogP) is 3.10. The first-order chi connectivity index (χ1) is 7.15. The van der Waals surface area contributed by atoms with E-state index in [-0.39, 0.29) is 12.7 Å². The van der Waals surface area contributed by atoms with Crippen molar-refractivity contribution in [2.45, 2.75) is 19.4 Å². The first-order valence-electron chi connectivity index (χ1n) is 4.89. The number of hydrogen-bond acceptors (Lipinski definition) is 2. The summed E-state index contributed by atoms with van der Waals surface area (Å²) in [6, 6.07) is 5.35. The molecule has 0 bridgehead atoms. The minimum atomic E-state index is -0.379. The zero-order valence-corrected chi connectivity index (χ0v) is 9.43. The minimum Gasteiger partial charge on any atom is -0.492 e. The van der Waals surface area contributed by atoms with Gasteiger partial charge in [-0.05, 0) is 24.6 Å². The summed E-state index contributed by atoms with van der Waals surface area (Å²) in [6.07, 6.45) is 0.380. The third-order valence-electron chi connectivity index (χ3n) is 2.02. The molecule has 1 unspecified atom stereocenters. The van der Waals surface area contributed by atoms with Gasteiger partial charge in [0.15, 0.2) is 0 Å². The maximum absolute atomic E-state index is 11.8. The number of rotatable bonds is 5. The van der Waals surface area contributed by atoms with Crippen molar-refractivity contribution in [3.05, 3.63) is 28.8 Å². The maximum Gasteiger partial charge on any atom is 0.137 e. The van der Waals surface area contributed by atoms with E-state index < -0.39 is 0 Å². The summed E-state index contributed by atoms with van der Waals surface area (Å²) in [5.41, 5.74) is 6.66. The van der Waals surface area contributed by atoms with Crippen LogP contribution in [-0.4, -0.2) is 13.3 Å². The second-order valence-electron chi connectivity index (χ2n) is 3.37. The van der Waals surface area contributed by atoms with Gasteiger partial charge in [-0.25, -0.2) is 0 Å². The van der Waals surface area contributed by atoms with E-state index in [0.29, 0.717) is 23.8 Å². The number of alkyl halides is 1. The van der Waals surface area contributed by atoms with Crippen LogP contribution in [0.15, 0.2) is 18.2 Å². The Morgan fingerprint density at radius 1 is 1.53 bits per heavy atom. The zero-order chi connectivity index (χ0) is 11.3. The molecular weight excluding hydrogens is 217 g/mol. The van der Waals surface area contributed by atoms with Gasteiger partial charge in [-0.2, -0.15) is 0 Å². The molecule has 84 valence electrons. The number of hydrogen-bond donors (Lipinski definition) is 1. The molecule has 0 saturated heterocycles. The van der Waals surface area contributed by atoms with Gasteiger partial charge in [-0.3, -0.25) is 4.39 Å². The molecule has 1 aromatic rings. The third-order valence-corrected chi connectivity index (χ3v) is 2.31. The normalized spacial score (nSPS) is 12.5. The molecule has 0 heterocycles. The van der Waals surface area contributed by atoms with Crippen LogP contribution in [0.5, 0.6) is 5.75 Å². The molecule has 1 aromatic carbocycles. The van der Waals surface area contributed by atoms with E-state index in [1.165, 1.54) is 0 Å². The summed E-state index contributed by atoms with van der Waals surface area (Å²) in [6.45, 7) is 1.85. The summed E-state index contributed by atoms with van der Waals surface area (Å²) in [5, 5.41) is 0.517. The monoisotopic (exact) mass is 231 g/mol. The fraction of sp³-hybridized carbons (Fsp3) is 0.455. The summed E-state index contributed by atoms with van der Waals surface area (Å²) in [5.74, 6) is 0.578. The maximum atomic E-state index is 11.8. The second kappa shape index (κ2) is 5.93. The first kappa shape index (κ1) is 12.3. The van der Waals surface area contributed by atoms with Gasteiger partial charge in [0.05, 0.1) is 18.3 Å². The molecule has 0 aliphatic heterocycles. The average Bonchev–Trinajstić information content (AvgIpc) is 2.20. The molecule has 0 spiro atoms. The van der Waals surface area contributed by atoms with Crippen molar-refractivity contribution >= 4 is 11.6 Å². The molecule has 0 aliphatic carbocycles. The molecule has 4 heteroatoms. The molecule has 0 aromatic heterocycles. The molecule has 1 rings (SSSR count). The summed E-state index contributed by atoms with van der Waals surface area (Å²) in [7, 11) is 0. The lowest BCUT2D eigenvalue weighted by atomic mass is 10.1. The fourth-order valence-electron chi connectivity index (χ4n) is 1.15. The quantitative estimate of drug-likeness (QED) is 0.791. The van der Waals surface area contributed by atoms with Crippen molar-refractivity contribution in [3.8, 4) is 5.75 Å². The van der Waals surface area contributed by atoms with Gasteiger partial charge in [-0.1, -0.05) is 17.7 Å². The standard InChI is InChI=1S/C11H15ClFNO/c1-8(14)9-3-4-11(10(12)7-9)15-6-2-5-13/h3-4,7-8H,2,5-6,14H2,1H3. The smallest absolute Gasteiger partial charge is 0.137 e. The van der Waals surface area contributed by atoms with Gasteiger partial charge in [0.25, 0.3) is 0 Å². The van der Waals surface area contributed by atoms with E-state index in [1.807, 2.05) is 13.0 Å². The fourth-order valence-corrected chi connectivity index (χ4v) is 1.40. The highest BCUT2D eigenvalue weighted by Gasteiger charge is 2.05. The first-order valence-corrected chi connectivity index (χ1v) is 5.26. The molecule has 0 aliphatic rings. The molecule has 15 heavy (non-hydrogen) atoms. The van der Waals surface area contributed by atoms with Gasteiger partial charge in [0.2, 0.25) is 0 Å². The Morgan fingerprint density at radius 2 is 2.27 bits per heavy atom. The van der Waals surface area contributed by atoms with Crippen LogP contribution in [0.3, 0.4) is 0 Å². The molecule has 2 N–H and O–H groups in total. The zero-order valence-electron chi connectivity index (χ0n) is 8.67. The molecule has 0 fully saturated rings. The van der Waals surface area contributed by atoms with Crippen molar-refractivity contribution in [1.29, 1.82) is 0 Å². The number of halogens is 2. The van der Waals surface area contributed by atoms with Crippen LogP contribution in [0.25, 0.3) is 0 Å². The van der Waals surface area contributed by atoms with Crippen molar-refractivity contribution < 1.29 is 9.13 Å². The Hall–Kier alpha value is -0.800. The Kier molecular flexibility index (Phi) is 4.85. The Bertz CT molecular complexity index is 317. The summed E-state index contributed by atoms with van der Waals surface area (Å²) < 4.78 is 17.1. The van der Waals surface area contributed by atoms with E-state index >= 15 is 0 Å². The number of nitrogens with two attached hydrogens (primary N) is 1. The van der Waals surface area contributed by atoms with Crippen LogP contribution in [-0.2, 0) is 0 Å². The Labute approximate surface area is 94.2 Å². The van der Waals surface area contributed by atoms with Crippen LogP contribution in [0, 0.1) is 0 Å². The van der Waals surface area contributed by atoms with Crippen molar-refractivity contribution in [3.63, 3.8) is 0 Å². The highest BCUT2D eigenvalue weighted by atomic mass is 35.5. The van der Waals surface area contributed by atoms with Gasteiger partial charge in [0.1, 0.15) is 5.75 Å². The van der Waals surface area contributed by atoms with Crippen LogP contribution < -0.4 is 10.5 Å². The SMILES string of the molecule is CC(N)c1ccc(OCCCF)c(Cl)c1. The lowest BCUT2D eigenvalue weighted by Crippen LogP contribution is -2.05. The van der Waals surface area contributed by atoms with E-state index in [2.05, 4.69) is 0 Å². The highest BCUT2D eigenvalue weighted by molar-refractivity contribution is 6.32. The lowest BCUT2D eigenvalue weighted by Gasteiger charge is -2.10. The molecule has 0 saturated carbocycles. The molecule has 1 atom stereocenters. The van der Waals surface area contributed by atoms with Crippen molar-refractivity contribution in [1.82, 2.24) is 0 Å². The highest BCUT2D eigenvalue weighted by Crippen LogP contribution is 2.27. The van der Waals surface area contributed by atoms with Crippen molar-refractivity contribution in [2.75, 3.05) is 13.3 Å².